The Bertz CT molecular complexity index is 607. The highest BCUT2D eigenvalue weighted by atomic mass is 35.5. The molecule has 1 atom stereocenters. The van der Waals surface area contributed by atoms with E-state index in [1.165, 1.54) is 0 Å². The van der Waals surface area contributed by atoms with Crippen LogP contribution in [0.15, 0.2) is 18.2 Å². The summed E-state index contributed by atoms with van der Waals surface area (Å²) in [6, 6.07) is 5.54. The molecule has 0 aliphatic heterocycles. The molecule has 0 saturated carbocycles. The number of halogens is 2. The number of fused-ring (bicyclic) bond motifs is 1. The summed E-state index contributed by atoms with van der Waals surface area (Å²) in [5.41, 5.74) is 6.94. The fourth-order valence-corrected chi connectivity index (χ4v) is 2.40. The lowest BCUT2D eigenvalue weighted by molar-refractivity contribution is -0.118. The summed E-state index contributed by atoms with van der Waals surface area (Å²) < 4.78 is 2.02. The molecule has 1 aromatic carbocycles. The van der Waals surface area contributed by atoms with Crippen molar-refractivity contribution < 1.29 is 4.79 Å². The molecule has 0 fully saturated rings. The van der Waals surface area contributed by atoms with E-state index < -0.39 is 0 Å². The van der Waals surface area contributed by atoms with Crippen LogP contribution in [-0.2, 0) is 11.3 Å². The smallest absolute Gasteiger partial charge is 0.217 e. The van der Waals surface area contributed by atoms with Gasteiger partial charge in [-0.15, -0.1) is 11.6 Å². The highest BCUT2D eigenvalue weighted by Gasteiger charge is 2.15. The molecule has 0 aliphatic rings. The summed E-state index contributed by atoms with van der Waals surface area (Å²) in [6.07, 6.45) is 1.02. The maximum absolute atomic E-state index is 10.8. The second-order valence-corrected chi connectivity index (χ2v) is 5.53. The Morgan fingerprint density at radius 3 is 2.89 bits per heavy atom. The largest absolute Gasteiger partial charge is 0.370 e. The number of hydrogen-bond donors (Lipinski definition) is 1. The number of hydrogen-bond acceptors (Lipinski definition) is 2. The molecule has 0 bridgehead atoms. The zero-order valence-corrected chi connectivity index (χ0v) is 12.1. The molecular formula is C13H15Cl2N3O. The fourth-order valence-electron chi connectivity index (χ4n) is 2.07. The third-order valence-electron chi connectivity index (χ3n) is 2.90. The van der Waals surface area contributed by atoms with Crippen LogP contribution in [0.1, 0.15) is 31.0 Å². The van der Waals surface area contributed by atoms with Crippen molar-refractivity contribution in [2.24, 2.45) is 5.73 Å². The van der Waals surface area contributed by atoms with E-state index in [1.807, 2.05) is 29.7 Å². The van der Waals surface area contributed by atoms with Crippen LogP contribution in [0.5, 0.6) is 0 Å². The summed E-state index contributed by atoms with van der Waals surface area (Å²) in [7, 11) is 0. The van der Waals surface area contributed by atoms with Crippen LogP contribution in [0.2, 0.25) is 5.02 Å². The van der Waals surface area contributed by atoms with Gasteiger partial charge in [-0.05, 0) is 31.5 Å². The predicted molar refractivity (Wildman–Crippen MR) is 77.4 cm³/mol. The van der Waals surface area contributed by atoms with Crippen LogP contribution in [0, 0.1) is 0 Å². The van der Waals surface area contributed by atoms with Crippen LogP contribution in [0.25, 0.3) is 11.0 Å². The Kier molecular flexibility index (Phi) is 4.32. The van der Waals surface area contributed by atoms with E-state index in [-0.39, 0.29) is 11.3 Å². The summed E-state index contributed by atoms with van der Waals surface area (Å²) in [5, 5.41) is 0.433. The third-order valence-corrected chi connectivity index (χ3v) is 3.33. The number of nitrogens with two attached hydrogens (primary N) is 1. The Morgan fingerprint density at radius 2 is 2.26 bits per heavy atom. The van der Waals surface area contributed by atoms with Crippen molar-refractivity contribution in [3.8, 4) is 0 Å². The van der Waals surface area contributed by atoms with Gasteiger partial charge in [0, 0.05) is 18.0 Å². The molecular weight excluding hydrogens is 285 g/mol. The number of aryl methyl sites for hydroxylation is 1. The van der Waals surface area contributed by atoms with Gasteiger partial charge >= 0.3 is 0 Å². The first-order valence-electron chi connectivity index (χ1n) is 6.07. The van der Waals surface area contributed by atoms with Gasteiger partial charge in [0.2, 0.25) is 5.91 Å². The summed E-state index contributed by atoms with van der Waals surface area (Å²) in [4.78, 5) is 15.3. The molecule has 6 heteroatoms. The van der Waals surface area contributed by atoms with Gasteiger partial charge in [0.05, 0.1) is 16.4 Å². The van der Waals surface area contributed by atoms with E-state index in [9.17, 15) is 4.79 Å². The van der Waals surface area contributed by atoms with E-state index >= 15 is 0 Å². The van der Waals surface area contributed by atoms with Crippen molar-refractivity contribution in [1.29, 1.82) is 0 Å². The molecule has 102 valence electrons. The molecule has 2 rings (SSSR count). The molecule has 4 nitrogen and oxygen atoms in total. The standard InChI is InChI=1S/C13H15Cl2N3O/c1-8(14)13-17-10-7-9(15)4-5-11(10)18(13)6-2-3-12(16)19/h4-5,7-8H,2-3,6H2,1H3,(H2,16,19). The van der Waals surface area contributed by atoms with Crippen LogP contribution >= 0.6 is 23.2 Å². The first-order valence-corrected chi connectivity index (χ1v) is 6.88. The van der Waals surface area contributed by atoms with Crippen LogP contribution < -0.4 is 5.73 Å². The number of aromatic nitrogens is 2. The van der Waals surface area contributed by atoms with Crippen LogP contribution in [0.4, 0.5) is 0 Å². The van der Waals surface area contributed by atoms with Gasteiger partial charge in [-0.2, -0.15) is 0 Å². The van der Waals surface area contributed by atoms with E-state index in [2.05, 4.69) is 4.98 Å². The number of carbonyl (C=O) groups is 1. The van der Waals surface area contributed by atoms with Gasteiger partial charge in [-0.25, -0.2) is 4.98 Å². The highest BCUT2D eigenvalue weighted by molar-refractivity contribution is 6.31. The summed E-state index contributed by atoms with van der Waals surface area (Å²) >= 11 is 12.1. The van der Waals surface area contributed by atoms with Gasteiger partial charge in [0.15, 0.2) is 0 Å². The number of imidazole rings is 1. The maximum atomic E-state index is 10.8. The van der Waals surface area contributed by atoms with Gasteiger partial charge in [0.25, 0.3) is 0 Å². The van der Waals surface area contributed by atoms with Crippen molar-refractivity contribution in [2.75, 3.05) is 0 Å². The number of nitrogens with zero attached hydrogens (tertiary/aromatic N) is 2. The Balaban J connectivity index is 2.37. The lowest BCUT2D eigenvalue weighted by Crippen LogP contribution is -2.12. The minimum Gasteiger partial charge on any atom is -0.370 e. The highest BCUT2D eigenvalue weighted by Crippen LogP contribution is 2.26. The summed E-state index contributed by atoms with van der Waals surface area (Å²) in [5.74, 6) is 0.483. The second kappa shape index (κ2) is 5.80. The van der Waals surface area contributed by atoms with E-state index in [1.54, 1.807) is 0 Å². The lowest BCUT2D eigenvalue weighted by Gasteiger charge is -2.09. The quantitative estimate of drug-likeness (QED) is 0.862. The number of carbonyl (C=O) groups excluding carboxylic acids is 1. The maximum Gasteiger partial charge on any atom is 0.217 e. The average molecular weight is 300 g/mol. The number of amides is 1. The minimum absolute atomic E-state index is 0.209. The summed E-state index contributed by atoms with van der Waals surface area (Å²) in [6.45, 7) is 2.53. The molecule has 2 aromatic rings. The molecule has 0 radical (unpaired) electrons. The molecule has 2 N–H and O–H groups in total. The molecule has 1 unspecified atom stereocenters. The third kappa shape index (κ3) is 3.19. The zero-order chi connectivity index (χ0) is 14.0. The molecule has 1 aromatic heterocycles. The SMILES string of the molecule is CC(Cl)c1nc2cc(Cl)ccc2n1CCCC(N)=O. The zero-order valence-electron chi connectivity index (χ0n) is 10.6. The molecule has 1 heterocycles. The van der Waals surface area contributed by atoms with Crippen molar-refractivity contribution >= 4 is 40.1 Å². The molecule has 19 heavy (non-hydrogen) atoms. The molecule has 0 aliphatic carbocycles. The number of rotatable bonds is 5. The number of benzene rings is 1. The Hall–Kier alpha value is -1.26. The first kappa shape index (κ1) is 14.2. The second-order valence-electron chi connectivity index (χ2n) is 4.44. The fraction of sp³-hybridized carbons (Fsp3) is 0.385. The molecule has 0 saturated heterocycles. The van der Waals surface area contributed by atoms with Crippen molar-refractivity contribution in [3.05, 3.63) is 29.0 Å². The molecule has 1 amide bonds. The Morgan fingerprint density at radius 1 is 1.53 bits per heavy atom. The van der Waals surface area contributed by atoms with Crippen molar-refractivity contribution in [1.82, 2.24) is 9.55 Å². The van der Waals surface area contributed by atoms with Gasteiger partial charge in [-0.3, -0.25) is 4.79 Å². The lowest BCUT2D eigenvalue weighted by atomic mass is 10.2. The van der Waals surface area contributed by atoms with Gasteiger partial charge in [0.1, 0.15) is 5.82 Å². The van der Waals surface area contributed by atoms with Crippen LogP contribution in [-0.4, -0.2) is 15.5 Å². The normalized spacial score (nSPS) is 12.8. The number of alkyl halides is 1. The van der Waals surface area contributed by atoms with E-state index in [0.717, 1.165) is 16.9 Å². The minimum atomic E-state index is -0.298. The number of primary amides is 1. The molecule has 0 spiro atoms. The predicted octanol–water partition coefficient (Wildman–Crippen LogP) is 3.26. The van der Waals surface area contributed by atoms with Gasteiger partial charge in [-0.1, -0.05) is 11.6 Å². The van der Waals surface area contributed by atoms with E-state index in [4.69, 9.17) is 28.9 Å². The Labute approximate surface area is 121 Å². The van der Waals surface area contributed by atoms with E-state index in [0.29, 0.717) is 24.4 Å². The first-order chi connectivity index (χ1) is 8.99. The van der Waals surface area contributed by atoms with Gasteiger partial charge < -0.3 is 10.3 Å². The monoisotopic (exact) mass is 299 g/mol. The van der Waals surface area contributed by atoms with Crippen molar-refractivity contribution in [2.45, 2.75) is 31.7 Å². The van der Waals surface area contributed by atoms with Crippen molar-refractivity contribution in [3.63, 3.8) is 0 Å². The average Bonchev–Trinajstić information content (AvgIpc) is 2.67. The van der Waals surface area contributed by atoms with Crippen LogP contribution in [0.3, 0.4) is 0 Å². The topological polar surface area (TPSA) is 60.9 Å².